The minimum Gasteiger partial charge on any atom is -0.338 e. The summed E-state index contributed by atoms with van der Waals surface area (Å²) in [5.41, 5.74) is 3.58. The van der Waals surface area contributed by atoms with Crippen LogP contribution < -0.4 is 0 Å². The highest BCUT2D eigenvalue weighted by Crippen LogP contribution is 2.25. The van der Waals surface area contributed by atoms with Crippen molar-refractivity contribution < 1.29 is 9.32 Å². The lowest BCUT2D eigenvalue weighted by atomic mass is 10.0. The standard InChI is InChI=1S/C21H26N6O2/c1-4-5-19-22-20(29-24-19)18-13-27(25-23-18)16-8-10-26(11-9-16)21(28)17-7-6-14(2)12-15(17)3/h6-7,12-13,16H,4-5,8-11H2,1-3H3. The van der Waals surface area contributed by atoms with Gasteiger partial charge in [-0.2, -0.15) is 4.98 Å². The molecule has 2 aromatic heterocycles. The van der Waals surface area contributed by atoms with Crippen LogP contribution in [0.5, 0.6) is 0 Å². The van der Waals surface area contributed by atoms with Crippen LogP contribution in [0.1, 0.15) is 59.5 Å². The minimum absolute atomic E-state index is 0.106. The largest absolute Gasteiger partial charge is 0.338 e. The zero-order chi connectivity index (χ0) is 20.4. The van der Waals surface area contributed by atoms with Crippen molar-refractivity contribution in [1.82, 2.24) is 30.0 Å². The molecule has 0 bridgehead atoms. The fraction of sp³-hybridized carbons (Fsp3) is 0.476. The Morgan fingerprint density at radius 3 is 2.76 bits per heavy atom. The van der Waals surface area contributed by atoms with Gasteiger partial charge in [0.1, 0.15) is 0 Å². The summed E-state index contributed by atoms with van der Waals surface area (Å²) in [6, 6.07) is 6.19. The minimum atomic E-state index is 0.106. The smallest absolute Gasteiger partial charge is 0.280 e. The summed E-state index contributed by atoms with van der Waals surface area (Å²) in [7, 11) is 0. The average molecular weight is 394 g/mol. The van der Waals surface area contributed by atoms with Crippen LogP contribution in [0.15, 0.2) is 28.9 Å². The molecule has 8 nitrogen and oxygen atoms in total. The van der Waals surface area contributed by atoms with Gasteiger partial charge < -0.3 is 9.42 Å². The van der Waals surface area contributed by atoms with E-state index in [9.17, 15) is 4.79 Å². The molecule has 152 valence electrons. The Kier molecular flexibility index (Phi) is 5.42. The van der Waals surface area contributed by atoms with E-state index in [-0.39, 0.29) is 11.9 Å². The number of aryl methyl sites for hydroxylation is 3. The number of rotatable bonds is 5. The lowest BCUT2D eigenvalue weighted by Crippen LogP contribution is -2.39. The Labute approximate surface area is 169 Å². The predicted molar refractivity (Wildman–Crippen MR) is 107 cm³/mol. The molecule has 4 rings (SSSR count). The van der Waals surface area contributed by atoms with Crippen LogP contribution >= 0.6 is 0 Å². The van der Waals surface area contributed by atoms with E-state index in [0.717, 1.165) is 36.8 Å². The van der Waals surface area contributed by atoms with E-state index in [0.29, 0.717) is 30.5 Å². The summed E-state index contributed by atoms with van der Waals surface area (Å²) >= 11 is 0. The molecule has 1 saturated heterocycles. The average Bonchev–Trinajstić information content (AvgIpc) is 3.37. The summed E-state index contributed by atoms with van der Waals surface area (Å²) < 4.78 is 7.15. The fourth-order valence-electron chi connectivity index (χ4n) is 3.79. The number of hydrogen-bond acceptors (Lipinski definition) is 6. The van der Waals surface area contributed by atoms with Gasteiger partial charge >= 0.3 is 0 Å². The summed E-state index contributed by atoms with van der Waals surface area (Å²) in [6.45, 7) is 7.51. The molecule has 1 aliphatic rings. The molecule has 1 fully saturated rings. The fourth-order valence-corrected chi connectivity index (χ4v) is 3.79. The van der Waals surface area contributed by atoms with Gasteiger partial charge in [-0.3, -0.25) is 4.79 Å². The molecule has 1 amide bonds. The number of carbonyl (C=O) groups excluding carboxylic acids is 1. The van der Waals surface area contributed by atoms with E-state index < -0.39 is 0 Å². The maximum atomic E-state index is 12.9. The van der Waals surface area contributed by atoms with Crippen molar-refractivity contribution in [3.05, 3.63) is 46.9 Å². The first-order valence-corrected chi connectivity index (χ1v) is 10.2. The number of hydrogen-bond donors (Lipinski definition) is 0. The maximum Gasteiger partial charge on any atom is 0.280 e. The first kappa shape index (κ1) is 19.3. The van der Waals surface area contributed by atoms with E-state index in [1.807, 2.05) is 41.8 Å². The molecule has 3 heterocycles. The molecule has 0 saturated carbocycles. The van der Waals surface area contributed by atoms with Gasteiger partial charge in [0.25, 0.3) is 11.8 Å². The molecule has 1 aliphatic heterocycles. The second-order valence-corrected chi connectivity index (χ2v) is 7.69. The number of likely N-dealkylation sites (tertiary alicyclic amines) is 1. The highest BCUT2D eigenvalue weighted by molar-refractivity contribution is 5.95. The SMILES string of the molecule is CCCc1noc(-c2cn(C3CCN(C(=O)c4ccc(C)cc4C)CC3)nn2)n1. The van der Waals surface area contributed by atoms with Crippen molar-refractivity contribution in [2.24, 2.45) is 0 Å². The maximum absolute atomic E-state index is 12.9. The van der Waals surface area contributed by atoms with Crippen LogP contribution in [0.4, 0.5) is 0 Å². The molecule has 0 radical (unpaired) electrons. The summed E-state index contributed by atoms with van der Waals surface area (Å²) in [5, 5.41) is 12.4. The molecule has 29 heavy (non-hydrogen) atoms. The molecule has 3 aromatic rings. The highest BCUT2D eigenvalue weighted by Gasteiger charge is 2.26. The molecule has 0 unspecified atom stereocenters. The van der Waals surface area contributed by atoms with Gasteiger partial charge in [-0.1, -0.05) is 35.0 Å². The molecule has 0 spiro atoms. The van der Waals surface area contributed by atoms with E-state index in [1.165, 1.54) is 5.56 Å². The van der Waals surface area contributed by atoms with Gasteiger partial charge in [-0.05, 0) is 44.7 Å². The van der Waals surface area contributed by atoms with Crippen LogP contribution in [0.3, 0.4) is 0 Å². The molecule has 0 atom stereocenters. The van der Waals surface area contributed by atoms with Gasteiger partial charge in [0.2, 0.25) is 0 Å². The lowest BCUT2D eigenvalue weighted by Gasteiger charge is -2.32. The van der Waals surface area contributed by atoms with Crippen molar-refractivity contribution >= 4 is 5.91 Å². The molecule has 0 N–H and O–H groups in total. The first-order valence-electron chi connectivity index (χ1n) is 10.2. The second-order valence-electron chi connectivity index (χ2n) is 7.69. The van der Waals surface area contributed by atoms with Crippen molar-refractivity contribution in [2.75, 3.05) is 13.1 Å². The first-order chi connectivity index (χ1) is 14.0. The number of amides is 1. The Morgan fingerprint density at radius 2 is 2.03 bits per heavy atom. The number of benzene rings is 1. The monoisotopic (exact) mass is 394 g/mol. The zero-order valence-electron chi connectivity index (χ0n) is 17.1. The third-order valence-corrected chi connectivity index (χ3v) is 5.41. The van der Waals surface area contributed by atoms with Crippen LogP contribution in [0.2, 0.25) is 0 Å². The van der Waals surface area contributed by atoms with Gasteiger partial charge in [-0.15, -0.1) is 5.10 Å². The molecular weight excluding hydrogens is 368 g/mol. The van der Waals surface area contributed by atoms with Gasteiger partial charge in [-0.25, -0.2) is 4.68 Å². The van der Waals surface area contributed by atoms with Crippen molar-refractivity contribution in [2.45, 2.75) is 52.5 Å². The van der Waals surface area contributed by atoms with Gasteiger partial charge in [0, 0.05) is 25.1 Å². The van der Waals surface area contributed by atoms with Crippen LogP contribution in [-0.4, -0.2) is 49.0 Å². The highest BCUT2D eigenvalue weighted by atomic mass is 16.5. The second kappa shape index (κ2) is 8.14. The number of carbonyl (C=O) groups is 1. The Hall–Kier alpha value is -3.03. The lowest BCUT2D eigenvalue weighted by molar-refractivity contribution is 0.0688. The molecular formula is C21H26N6O2. The summed E-state index contributed by atoms with van der Waals surface area (Å²) in [6.07, 6.45) is 5.28. The van der Waals surface area contributed by atoms with Crippen molar-refractivity contribution in [3.8, 4) is 11.6 Å². The van der Waals surface area contributed by atoms with Crippen molar-refractivity contribution in [3.63, 3.8) is 0 Å². The quantitative estimate of drug-likeness (QED) is 0.659. The van der Waals surface area contributed by atoms with E-state index >= 15 is 0 Å². The van der Waals surface area contributed by atoms with E-state index in [2.05, 4.69) is 33.4 Å². The third-order valence-electron chi connectivity index (χ3n) is 5.41. The Bertz CT molecular complexity index is 1000. The van der Waals surface area contributed by atoms with Crippen LogP contribution in [0.25, 0.3) is 11.6 Å². The number of piperidine rings is 1. The third kappa shape index (κ3) is 4.06. The van der Waals surface area contributed by atoms with Crippen LogP contribution in [0, 0.1) is 13.8 Å². The summed E-state index contributed by atoms with van der Waals surface area (Å²) in [5.74, 6) is 1.20. The van der Waals surface area contributed by atoms with Crippen LogP contribution in [-0.2, 0) is 6.42 Å². The Morgan fingerprint density at radius 1 is 1.24 bits per heavy atom. The predicted octanol–water partition coefficient (Wildman–Crippen LogP) is 3.37. The van der Waals surface area contributed by atoms with E-state index in [4.69, 9.17) is 4.52 Å². The zero-order valence-corrected chi connectivity index (χ0v) is 17.1. The number of aromatic nitrogens is 5. The van der Waals surface area contributed by atoms with Crippen molar-refractivity contribution in [1.29, 1.82) is 0 Å². The number of nitrogens with zero attached hydrogens (tertiary/aromatic N) is 6. The van der Waals surface area contributed by atoms with E-state index in [1.54, 1.807) is 0 Å². The topological polar surface area (TPSA) is 89.9 Å². The van der Waals surface area contributed by atoms with Gasteiger partial charge in [0.05, 0.1) is 12.2 Å². The summed E-state index contributed by atoms with van der Waals surface area (Å²) in [4.78, 5) is 19.2. The molecule has 0 aliphatic carbocycles. The molecule has 1 aromatic carbocycles. The Balaban J connectivity index is 1.39. The normalized spacial score (nSPS) is 15.1. The van der Waals surface area contributed by atoms with Gasteiger partial charge in [0.15, 0.2) is 11.5 Å². The molecule has 8 heteroatoms.